The number of carbonyl (C=O) groups is 2. The van der Waals surface area contributed by atoms with Gasteiger partial charge in [0.25, 0.3) is 10.8 Å². The summed E-state index contributed by atoms with van der Waals surface area (Å²) in [7, 11) is -4.46. The maximum atomic E-state index is 14.0. The average molecular weight is 472 g/mol. The lowest BCUT2D eigenvalue weighted by atomic mass is 10.0. The van der Waals surface area contributed by atoms with Crippen molar-refractivity contribution < 1.29 is 31.2 Å². The van der Waals surface area contributed by atoms with Crippen LogP contribution in [-0.4, -0.2) is 26.0 Å². The number of halogens is 3. The van der Waals surface area contributed by atoms with Crippen molar-refractivity contribution in [3.8, 4) is 0 Å². The topological polar surface area (TPSA) is 74.8 Å². The van der Waals surface area contributed by atoms with Crippen molar-refractivity contribution in [2.24, 2.45) is 0 Å². The van der Waals surface area contributed by atoms with E-state index in [2.05, 4.69) is 0 Å². The van der Waals surface area contributed by atoms with Crippen LogP contribution in [-0.2, 0) is 30.8 Å². The van der Waals surface area contributed by atoms with Gasteiger partial charge in [0.05, 0.1) is 12.2 Å². The number of benzene rings is 3. The van der Waals surface area contributed by atoms with Crippen LogP contribution in [0.4, 0.5) is 24.5 Å². The minimum atomic E-state index is -4.46. The van der Waals surface area contributed by atoms with Crippen LogP contribution >= 0.6 is 0 Å². The van der Waals surface area contributed by atoms with Crippen LogP contribution in [0.15, 0.2) is 66.7 Å². The molecule has 0 saturated carbocycles. The number of carbonyl (C=O) groups excluding carboxylic acids is 2. The largest absolute Gasteiger partial charge is 0.304 e. The van der Waals surface area contributed by atoms with E-state index in [1.807, 2.05) is 0 Å². The Bertz CT molecular complexity index is 1440. The van der Waals surface area contributed by atoms with E-state index in [-0.39, 0.29) is 23.5 Å². The molecule has 2 amide bonds. The summed E-state index contributed by atoms with van der Waals surface area (Å²) in [6.07, 6.45) is 0. The summed E-state index contributed by atoms with van der Waals surface area (Å²) in [6, 6.07) is 14.0. The van der Waals surface area contributed by atoms with Gasteiger partial charge < -0.3 is 4.90 Å². The zero-order valence-corrected chi connectivity index (χ0v) is 17.7. The van der Waals surface area contributed by atoms with Crippen molar-refractivity contribution in [2.75, 3.05) is 15.6 Å². The molecule has 1 atom stereocenters. The monoisotopic (exact) mass is 472 g/mol. The maximum absolute atomic E-state index is 14.0. The molecule has 0 N–H and O–H groups in total. The van der Waals surface area contributed by atoms with Gasteiger partial charge in [0.15, 0.2) is 21.5 Å². The lowest BCUT2D eigenvalue weighted by Crippen LogP contribution is -2.54. The maximum Gasteiger partial charge on any atom is 0.274 e. The van der Waals surface area contributed by atoms with Crippen molar-refractivity contribution >= 4 is 33.0 Å². The number of amides is 2. The predicted molar refractivity (Wildman–Crippen MR) is 113 cm³/mol. The number of sulfone groups is 1. The Labute approximate surface area is 186 Å². The van der Waals surface area contributed by atoms with Crippen LogP contribution in [0.25, 0.3) is 0 Å². The van der Waals surface area contributed by atoms with Gasteiger partial charge in [0.2, 0.25) is 5.91 Å². The van der Waals surface area contributed by atoms with Gasteiger partial charge in [0.1, 0.15) is 11.6 Å². The van der Waals surface area contributed by atoms with E-state index in [0.29, 0.717) is 11.6 Å². The Morgan fingerprint density at radius 1 is 0.879 bits per heavy atom. The van der Waals surface area contributed by atoms with Gasteiger partial charge in [-0.1, -0.05) is 30.3 Å². The van der Waals surface area contributed by atoms with Gasteiger partial charge >= 0.3 is 0 Å². The molecule has 2 heterocycles. The zero-order valence-electron chi connectivity index (χ0n) is 16.8. The van der Waals surface area contributed by atoms with E-state index < -0.39 is 49.7 Å². The fourth-order valence-electron chi connectivity index (χ4n) is 4.49. The first kappa shape index (κ1) is 21.2. The summed E-state index contributed by atoms with van der Waals surface area (Å²) >= 11 is 0. The Hall–Kier alpha value is -3.66. The highest BCUT2D eigenvalue weighted by atomic mass is 32.2. The summed E-state index contributed by atoms with van der Waals surface area (Å²) in [5, 5.41) is 0. The molecule has 3 aromatic carbocycles. The molecule has 1 saturated heterocycles. The van der Waals surface area contributed by atoms with E-state index in [1.54, 1.807) is 12.1 Å². The number of anilines is 2. The number of hydrogen-bond acceptors (Lipinski definition) is 4. The fraction of sp³-hybridized carbons (Fsp3) is 0.130. The van der Waals surface area contributed by atoms with Gasteiger partial charge in [-0.05, 0) is 35.9 Å². The lowest BCUT2D eigenvalue weighted by Gasteiger charge is -2.32. The van der Waals surface area contributed by atoms with Gasteiger partial charge in [0, 0.05) is 17.3 Å². The van der Waals surface area contributed by atoms with Crippen LogP contribution < -0.4 is 9.80 Å². The van der Waals surface area contributed by atoms with Crippen LogP contribution in [0.2, 0.25) is 0 Å². The van der Waals surface area contributed by atoms with Gasteiger partial charge in [-0.3, -0.25) is 14.5 Å². The number of hydrogen-bond donors (Lipinski definition) is 0. The summed E-state index contributed by atoms with van der Waals surface area (Å²) < 4.78 is 68.2. The highest BCUT2D eigenvalue weighted by Gasteiger charge is 2.69. The molecule has 6 nitrogen and oxygen atoms in total. The molecule has 2 aliphatic heterocycles. The normalized spacial score (nSPS) is 21.2. The number of fused-ring (bicyclic) bond motifs is 2. The quantitative estimate of drug-likeness (QED) is 0.587. The summed E-state index contributed by atoms with van der Waals surface area (Å²) in [4.78, 5) is 26.2. The minimum Gasteiger partial charge on any atom is -0.304 e. The molecule has 1 spiro atoms. The van der Waals surface area contributed by atoms with E-state index in [4.69, 9.17) is 0 Å². The van der Waals surface area contributed by atoms with Gasteiger partial charge in [-0.15, -0.1) is 0 Å². The van der Waals surface area contributed by atoms with E-state index in [0.717, 1.165) is 21.9 Å². The van der Waals surface area contributed by atoms with Crippen molar-refractivity contribution in [1.82, 2.24) is 0 Å². The van der Waals surface area contributed by atoms with E-state index in [9.17, 15) is 31.2 Å². The summed E-state index contributed by atoms with van der Waals surface area (Å²) in [5.74, 6) is -5.90. The third-order valence-corrected chi connectivity index (χ3v) is 7.92. The van der Waals surface area contributed by atoms with Gasteiger partial charge in [-0.2, -0.15) is 0 Å². The molecule has 1 fully saturated rings. The molecular weight excluding hydrogens is 457 g/mol. The Balaban J connectivity index is 1.74. The molecule has 2 aliphatic rings. The second-order valence-electron chi connectivity index (χ2n) is 7.77. The Morgan fingerprint density at radius 2 is 1.64 bits per heavy atom. The second-order valence-corrected chi connectivity index (χ2v) is 9.88. The molecular formula is C23H15F3N2O4S. The van der Waals surface area contributed by atoms with Crippen molar-refractivity contribution in [3.05, 3.63) is 95.3 Å². The zero-order chi connectivity index (χ0) is 23.5. The smallest absolute Gasteiger partial charge is 0.274 e. The van der Waals surface area contributed by atoms with E-state index >= 15 is 0 Å². The van der Waals surface area contributed by atoms with Crippen molar-refractivity contribution in [1.29, 1.82) is 0 Å². The molecule has 0 unspecified atom stereocenters. The molecule has 0 radical (unpaired) electrons. The third-order valence-electron chi connectivity index (χ3n) is 5.81. The summed E-state index contributed by atoms with van der Waals surface area (Å²) in [5.41, 5.74) is 0.367. The molecule has 0 bridgehead atoms. The highest BCUT2D eigenvalue weighted by molar-refractivity contribution is 7.94. The predicted octanol–water partition coefficient (Wildman–Crippen LogP) is 3.27. The molecule has 0 aliphatic carbocycles. The van der Waals surface area contributed by atoms with Crippen molar-refractivity contribution in [3.63, 3.8) is 0 Å². The second kappa shape index (κ2) is 7.17. The van der Waals surface area contributed by atoms with E-state index in [1.165, 1.54) is 36.4 Å². The molecule has 0 aromatic heterocycles. The van der Waals surface area contributed by atoms with Gasteiger partial charge in [-0.25, -0.2) is 21.6 Å². The minimum absolute atomic E-state index is 0.0157. The lowest BCUT2D eigenvalue weighted by molar-refractivity contribution is -0.123. The molecule has 5 rings (SSSR count). The number of para-hydroxylation sites is 1. The highest BCUT2D eigenvalue weighted by Crippen LogP contribution is 2.52. The van der Waals surface area contributed by atoms with Crippen molar-refractivity contribution in [2.45, 2.75) is 11.4 Å². The standard InChI is InChI=1S/C23H15F3N2O4S/c24-15-5-3-4-14(10-15)12-27-20-7-2-1-6-17(20)23(22(27)30)28(21(29)13-33(23,31)32)16-8-9-18(25)19(26)11-16/h1-11H,12-13H2/t23-/m0/s1. The SMILES string of the molecule is O=C1CS(=O)(=O)[C@@]2(C(=O)N(Cc3cccc(F)c3)c3ccccc32)N1c1ccc(F)c(F)c1. The number of nitrogens with zero attached hydrogens (tertiary/aromatic N) is 2. The van der Waals surface area contributed by atoms with Crippen LogP contribution in [0.3, 0.4) is 0 Å². The molecule has 168 valence electrons. The Morgan fingerprint density at radius 3 is 2.36 bits per heavy atom. The Kier molecular flexibility index (Phi) is 4.61. The molecule has 3 aromatic rings. The van der Waals surface area contributed by atoms with Crippen LogP contribution in [0, 0.1) is 17.5 Å². The first-order chi connectivity index (χ1) is 15.7. The third kappa shape index (κ3) is 2.90. The first-order valence-electron chi connectivity index (χ1n) is 9.83. The number of rotatable bonds is 3. The summed E-state index contributed by atoms with van der Waals surface area (Å²) in [6.45, 7) is -0.162. The van der Waals surface area contributed by atoms with Crippen LogP contribution in [0.1, 0.15) is 11.1 Å². The molecule has 33 heavy (non-hydrogen) atoms. The molecule has 10 heteroatoms. The first-order valence-corrected chi connectivity index (χ1v) is 11.5. The average Bonchev–Trinajstić information content (AvgIpc) is 3.13. The van der Waals surface area contributed by atoms with Crippen LogP contribution in [0.5, 0.6) is 0 Å². The fourth-order valence-corrected chi connectivity index (χ4v) is 6.52.